The summed E-state index contributed by atoms with van der Waals surface area (Å²) in [5.74, 6) is -0.755. The van der Waals surface area contributed by atoms with E-state index in [9.17, 15) is 23.4 Å². The average Bonchev–Trinajstić information content (AvgIpc) is 2.70. The van der Waals surface area contributed by atoms with Crippen LogP contribution in [0.5, 0.6) is 0 Å². The Morgan fingerprint density at radius 2 is 1.71 bits per heavy atom. The van der Waals surface area contributed by atoms with Gasteiger partial charge in [0.05, 0.1) is 16.1 Å². The first-order valence-electron chi connectivity index (χ1n) is 8.54. The molecule has 0 radical (unpaired) electrons. The number of carbonyl (C=O) groups is 1. The summed E-state index contributed by atoms with van der Waals surface area (Å²) >= 11 is 0. The SMILES string of the molecule is CS(=O)(=O)c1ccc(CNC(=O)C(O)C(O)c2ccc3ccccc3n2)cc1. The summed E-state index contributed by atoms with van der Waals surface area (Å²) in [6, 6.07) is 16.7. The summed E-state index contributed by atoms with van der Waals surface area (Å²) in [6.45, 7) is 0.0812. The minimum Gasteiger partial charge on any atom is -0.384 e. The van der Waals surface area contributed by atoms with E-state index < -0.39 is 28.0 Å². The van der Waals surface area contributed by atoms with Crippen molar-refractivity contribution in [3.8, 4) is 0 Å². The molecule has 1 heterocycles. The quantitative estimate of drug-likeness (QED) is 0.575. The number of aromatic nitrogens is 1. The predicted octanol–water partition coefficient (Wildman–Crippen LogP) is 1.35. The molecule has 0 aliphatic rings. The number of hydrogen-bond acceptors (Lipinski definition) is 6. The number of pyridine rings is 1. The minimum absolute atomic E-state index is 0.0812. The first-order valence-corrected chi connectivity index (χ1v) is 10.4. The van der Waals surface area contributed by atoms with Crippen molar-refractivity contribution in [3.05, 3.63) is 71.9 Å². The molecule has 1 amide bonds. The van der Waals surface area contributed by atoms with Crippen LogP contribution in [0, 0.1) is 0 Å². The lowest BCUT2D eigenvalue weighted by Crippen LogP contribution is -2.38. The van der Waals surface area contributed by atoms with Gasteiger partial charge in [-0.15, -0.1) is 0 Å². The minimum atomic E-state index is -3.29. The van der Waals surface area contributed by atoms with Gasteiger partial charge in [0.2, 0.25) is 0 Å². The molecule has 0 bridgehead atoms. The number of aliphatic hydroxyl groups is 2. The highest BCUT2D eigenvalue weighted by molar-refractivity contribution is 7.90. The highest BCUT2D eigenvalue weighted by atomic mass is 32.2. The van der Waals surface area contributed by atoms with Gasteiger partial charge in [0, 0.05) is 18.2 Å². The number of sulfone groups is 1. The van der Waals surface area contributed by atoms with E-state index in [0.717, 1.165) is 11.6 Å². The maximum atomic E-state index is 12.2. The van der Waals surface area contributed by atoms with Crippen LogP contribution in [0.4, 0.5) is 0 Å². The Hall–Kier alpha value is -2.81. The molecule has 7 nitrogen and oxygen atoms in total. The van der Waals surface area contributed by atoms with Crippen molar-refractivity contribution in [2.75, 3.05) is 6.26 Å². The summed E-state index contributed by atoms with van der Waals surface area (Å²) in [4.78, 5) is 16.6. The largest absolute Gasteiger partial charge is 0.384 e. The number of hydrogen-bond donors (Lipinski definition) is 3. The molecule has 3 N–H and O–H groups in total. The van der Waals surface area contributed by atoms with Gasteiger partial charge >= 0.3 is 0 Å². The number of aliphatic hydroxyl groups excluding tert-OH is 2. The van der Waals surface area contributed by atoms with Crippen molar-refractivity contribution in [1.82, 2.24) is 10.3 Å². The van der Waals surface area contributed by atoms with Crippen molar-refractivity contribution in [1.29, 1.82) is 0 Å². The highest BCUT2D eigenvalue weighted by Gasteiger charge is 2.26. The summed E-state index contributed by atoms with van der Waals surface area (Å²) < 4.78 is 22.9. The smallest absolute Gasteiger partial charge is 0.252 e. The van der Waals surface area contributed by atoms with Crippen LogP contribution in [0.15, 0.2) is 65.6 Å². The zero-order valence-corrected chi connectivity index (χ0v) is 15.9. The van der Waals surface area contributed by atoms with Gasteiger partial charge in [0.1, 0.15) is 6.10 Å². The van der Waals surface area contributed by atoms with E-state index in [4.69, 9.17) is 0 Å². The monoisotopic (exact) mass is 400 g/mol. The molecule has 0 saturated heterocycles. The van der Waals surface area contributed by atoms with Crippen LogP contribution in [0.25, 0.3) is 10.9 Å². The van der Waals surface area contributed by atoms with Gasteiger partial charge in [0.25, 0.3) is 5.91 Å². The lowest BCUT2D eigenvalue weighted by atomic mass is 10.1. The Balaban J connectivity index is 1.64. The molecule has 2 unspecified atom stereocenters. The predicted molar refractivity (Wildman–Crippen MR) is 104 cm³/mol. The molecule has 8 heteroatoms. The highest BCUT2D eigenvalue weighted by Crippen LogP contribution is 2.19. The summed E-state index contributed by atoms with van der Waals surface area (Å²) in [7, 11) is -3.29. The topological polar surface area (TPSA) is 117 Å². The van der Waals surface area contributed by atoms with Gasteiger partial charge in [-0.1, -0.05) is 36.4 Å². The average molecular weight is 400 g/mol. The number of amides is 1. The first kappa shape index (κ1) is 19.9. The van der Waals surface area contributed by atoms with Gasteiger partial charge in [-0.2, -0.15) is 0 Å². The van der Waals surface area contributed by atoms with Crippen molar-refractivity contribution >= 4 is 26.6 Å². The molecule has 1 aromatic heterocycles. The van der Waals surface area contributed by atoms with Crippen LogP contribution in [0.1, 0.15) is 17.4 Å². The van der Waals surface area contributed by atoms with E-state index in [2.05, 4.69) is 10.3 Å². The fourth-order valence-electron chi connectivity index (χ4n) is 2.70. The third kappa shape index (κ3) is 4.53. The standard InChI is InChI=1S/C20H20N2O5S/c1-28(26,27)15-9-6-13(7-10-15)12-21-20(25)19(24)18(23)17-11-8-14-4-2-3-5-16(14)22-17/h2-11,18-19,23-24H,12H2,1H3,(H,21,25). The number of benzene rings is 2. The molecule has 146 valence electrons. The van der Waals surface area contributed by atoms with Crippen LogP contribution in [-0.4, -0.2) is 41.9 Å². The second-order valence-electron chi connectivity index (χ2n) is 6.45. The van der Waals surface area contributed by atoms with E-state index in [1.165, 1.54) is 12.1 Å². The van der Waals surface area contributed by atoms with Crippen LogP contribution in [-0.2, 0) is 21.2 Å². The Morgan fingerprint density at radius 1 is 1.04 bits per heavy atom. The first-order chi connectivity index (χ1) is 13.3. The van der Waals surface area contributed by atoms with E-state index in [0.29, 0.717) is 11.1 Å². The fourth-order valence-corrected chi connectivity index (χ4v) is 3.33. The molecule has 0 aliphatic heterocycles. The molecule has 0 spiro atoms. The zero-order valence-electron chi connectivity index (χ0n) is 15.1. The third-order valence-corrected chi connectivity index (χ3v) is 5.44. The Bertz CT molecular complexity index is 1100. The van der Waals surface area contributed by atoms with Crippen molar-refractivity contribution < 1.29 is 23.4 Å². The van der Waals surface area contributed by atoms with E-state index in [1.807, 2.05) is 18.2 Å². The normalized spacial score (nSPS) is 13.8. The lowest BCUT2D eigenvalue weighted by molar-refractivity contribution is -0.135. The lowest BCUT2D eigenvalue weighted by Gasteiger charge is -2.17. The third-order valence-electron chi connectivity index (χ3n) is 4.31. The number of fused-ring (bicyclic) bond motifs is 1. The van der Waals surface area contributed by atoms with Crippen molar-refractivity contribution in [2.45, 2.75) is 23.6 Å². The van der Waals surface area contributed by atoms with E-state index >= 15 is 0 Å². The molecule has 28 heavy (non-hydrogen) atoms. The van der Waals surface area contributed by atoms with E-state index in [-0.39, 0.29) is 17.1 Å². The second kappa shape index (κ2) is 8.05. The fraction of sp³-hybridized carbons (Fsp3) is 0.200. The second-order valence-corrected chi connectivity index (χ2v) is 8.47. The molecule has 0 saturated carbocycles. The maximum Gasteiger partial charge on any atom is 0.252 e. The van der Waals surface area contributed by atoms with Crippen molar-refractivity contribution in [3.63, 3.8) is 0 Å². The van der Waals surface area contributed by atoms with Gasteiger partial charge in [-0.05, 0) is 29.8 Å². The van der Waals surface area contributed by atoms with Crippen LogP contribution >= 0.6 is 0 Å². The van der Waals surface area contributed by atoms with Gasteiger partial charge in [-0.25, -0.2) is 13.4 Å². The van der Waals surface area contributed by atoms with Crippen LogP contribution in [0.3, 0.4) is 0 Å². The Kier molecular flexibility index (Phi) is 5.73. The number of para-hydroxylation sites is 1. The van der Waals surface area contributed by atoms with Crippen LogP contribution < -0.4 is 5.32 Å². The number of carbonyl (C=O) groups excluding carboxylic acids is 1. The van der Waals surface area contributed by atoms with Gasteiger partial charge < -0.3 is 15.5 Å². The molecule has 2 aromatic carbocycles. The number of nitrogens with one attached hydrogen (secondary N) is 1. The van der Waals surface area contributed by atoms with E-state index in [1.54, 1.807) is 30.3 Å². The Labute approximate surface area is 162 Å². The molecule has 2 atom stereocenters. The number of rotatable bonds is 6. The number of nitrogens with zero attached hydrogens (tertiary/aromatic N) is 1. The van der Waals surface area contributed by atoms with Gasteiger partial charge in [0.15, 0.2) is 15.9 Å². The molecular formula is C20H20N2O5S. The Morgan fingerprint density at radius 3 is 2.39 bits per heavy atom. The summed E-state index contributed by atoms with van der Waals surface area (Å²) in [5.41, 5.74) is 1.50. The summed E-state index contributed by atoms with van der Waals surface area (Å²) in [6.07, 6.45) is -2.05. The van der Waals surface area contributed by atoms with Gasteiger partial charge in [-0.3, -0.25) is 4.79 Å². The molecule has 0 aliphatic carbocycles. The molecule has 0 fully saturated rings. The maximum absolute atomic E-state index is 12.2. The summed E-state index contributed by atoms with van der Waals surface area (Å²) in [5, 5.41) is 23.9. The zero-order chi connectivity index (χ0) is 20.3. The molecule has 3 aromatic rings. The van der Waals surface area contributed by atoms with Crippen LogP contribution in [0.2, 0.25) is 0 Å². The molecule has 3 rings (SSSR count). The molecular weight excluding hydrogens is 380 g/mol. The van der Waals surface area contributed by atoms with Crippen molar-refractivity contribution in [2.24, 2.45) is 0 Å².